The molecule has 0 spiro atoms. The molecule has 1 aromatic heterocycles. The molecule has 0 aliphatic heterocycles. The van der Waals surface area contributed by atoms with Gasteiger partial charge >= 0.3 is 0 Å². The predicted molar refractivity (Wildman–Crippen MR) is 93.0 cm³/mol. The van der Waals surface area contributed by atoms with E-state index < -0.39 is 10.0 Å². The van der Waals surface area contributed by atoms with Crippen molar-refractivity contribution in [3.8, 4) is 0 Å². The van der Waals surface area contributed by atoms with Crippen LogP contribution in [0.5, 0.6) is 0 Å². The predicted octanol–water partition coefficient (Wildman–Crippen LogP) is 1.60. The third kappa shape index (κ3) is 4.32. The van der Waals surface area contributed by atoms with Crippen molar-refractivity contribution in [3.63, 3.8) is 0 Å². The number of aliphatic hydroxyl groups is 1. The number of aliphatic hydroxyl groups excluding tert-OH is 1. The van der Waals surface area contributed by atoms with Gasteiger partial charge in [-0.1, -0.05) is 12.1 Å². The first-order valence-electron chi connectivity index (χ1n) is 7.26. The van der Waals surface area contributed by atoms with Crippen LogP contribution in [0.2, 0.25) is 0 Å². The summed E-state index contributed by atoms with van der Waals surface area (Å²) in [5.41, 5.74) is 1.03. The lowest BCUT2D eigenvalue weighted by atomic mass is 10.2. The maximum absolute atomic E-state index is 12.3. The summed E-state index contributed by atoms with van der Waals surface area (Å²) in [4.78, 5) is 12.3. The second-order valence-corrected chi connectivity index (χ2v) is 10.7. The van der Waals surface area contributed by atoms with Gasteiger partial charge in [-0.3, -0.25) is 4.79 Å². The lowest BCUT2D eigenvalue weighted by Crippen LogP contribution is -2.21. The summed E-state index contributed by atoms with van der Waals surface area (Å²) in [6, 6.07) is 7.37. The van der Waals surface area contributed by atoms with Gasteiger partial charge < -0.3 is 9.84 Å². The van der Waals surface area contributed by atoms with Crippen LogP contribution in [0.3, 0.4) is 0 Å². The van der Waals surface area contributed by atoms with Gasteiger partial charge in [0.15, 0.2) is 0 Å². The molecule has 122 valence electrons. The van der Waals surface area contributed by atoms with Crippen molar-refractivity contribution in [2.24, 2.45) is 0 Å². The van der Waals surface area contributed by atoms with E-state index in [2.05, 4.69) is 23.9 Å². The monoisotopic (exact) mass is 324 g/mol. The molecule has 0 saturated carbocycles. The number of ether oxygens (including phenoxy) is 1. The Morgan fingerprint density at radius 3 is 2.68 bits per heavy atom. The van der Waals surface area contributed by atoms with Crippen LogP contribution in [-0.4, -0.2) is 52.6 Å². The third-order valence-electron chi connectivity index (χ3n) is 3.33. The van der Waals surface area contributed by atoms with E-state index in [0.29, 0.717) is 24.4 Å². The molecule has 0 amide bonds. The van der Waals surface area contributed by atoms with Gasteiger partial charge in [0.25, 0.3) is 0 Å². The zero-order chi connectivity index (χ0) is 16.2. The zero-order valence-corrected chi connectivity index (χ0v) is 14.2. The highest BCUT2D eigenvalue weighted by atomic mass is 32.3. The number of rotatable bonds is 7. The van der Waals surface area contributed by atoms with E-state index in [0.717, 1.165) is 11.3 Å². The van der Waals surface area contributed by atoms with E-state index in [1.165, 1.54) is 0 Å². The largest absolute Gasteiger partial charge is 0.396 e. The molecule has 1 aromatic carbocycles. The minimum absolute atomic E-state index is 0.0885. The molecule has 0 aliphatic rings. The van der Waals surface area contributed by atoms with Crippen LogP contribution in [-0.2, 0) is 17.9 Å². The first-order chi connectivity index (χ1) is 10.4. The Labute approximate surface area is 132 Å². The zero-order valence-electron chi connectivity index (χ0n) is 13.4. The molecule has 0 fully saturated rings. The molecule has 6 heteroatoms. The molecule has 0 aliphatic carbocycles. The van der Waals surface area contributed by atoms with E-state index >= 15 is 0 Å². The second kappa shape index (κ2) is 7.26. The third-order valence-corrected chi connectivity index (χ3v) is 4.72. The van der Waals surface area contributed by atoms with E-state index in [4.69, 9.17) is 9.84 Å². The summed E-state index contributed by atoms with van der Waals surface area (Å²) in [6.07, 6.45) is 7.02. The minimum Gasteiger partial charge on any atom is -0.396 e. The average Bonchev–Trinajstić information content (AvgIpc) is 2.47. The van der Waals surface area contributed by atoms with Crippen molar-refractivity contribution < 1.29 is 9.84 Å². The van der Waals surface area contributed by atoms with Crippen LogP contribution < -0.4 is 5.43 Å². The van der Waals surface area contributed by atoms with Crippen molar-refractivity contribution in [3.05, 3.63) is 40.2 Å². The van der Waals surface area contributed by atoms with Gasteiger partial charge in [0.2, 0.25) is 5.43 Å². The molecule has 2 rings (SSSR count). The van der Waals surface area contributed by atoms with Gasteiger partial charge in [0, 0.05) is 24.2 Å². The van der Waals surface area contributed by atoms with Crippen molar-refractivity contribution in [1.82, 2.24) is 9.78 Å². The number of fused-ring (bicyclic) bond motifs is 1. The second-order valence-electron chi connectivity index (χ2n) is 6.10. The first-order valence-corrected chi connectivity index (χ1v) is 10.3. The van der Waals surface area contributed by atoms with Gasteiger partial charge in [-0.25, -0.2) is 14.7 Å². The smallest absolute Gasteiger partial charge is 0.211 e. The summed E-state index contributed by atoms with van der Waals surface area (Å²) >= 11 is 0. The molecule has 0 saturated heterocycles. The van der Waals surface area contributed by atoms with E-state index in [9.17, 15) is 4.79 Å². The van der Waals surface area contributed by atoms with Crippen molar-refractivity contribution in [2.45, 2.75) is 13.2 Å². The summed E-state index contributed by atoms with van der Waals surface area (Å²) in [5.74, 6) is 1.04. The Balaban J connectivity index is 2.24. The lowest BCUT2D eigenvalue weighted by Gasteiger charge is -2.24. The maximum Gasteiger partial charge on any atom is 0.211 e. The molecule has 0 radical (unpaired) electrons. The molecular formula is C16H24N2O3S. The van der Waals surface area contributed by atoms with Crippen LogP contribution in [0.4, 0.5) is 0 Å². The Morgan fingerprint density at radius 2 is 2.00 bits per heavy atom. The van der Waals surface area contributed by atoms with Crippen LogP contribution in [0.15, 0.2) is 29.1 Å². The maximum atomic E-state index is 12.3. The van der Waals surface area contributed by atoms with Gasteiger partial charge in [0.1, 0.15) is 12.4 Å². The Morgan fingerprint density at radius 1 is 1.27 bits per heavy atom. The molecule has 0 unspecified atom stereocenters. The van der Waals surface area contributed by atoms with Crippen molar-refractivity contribution in [2.75, 3.05) is 37.7 Å². The average molecular weight is 324 g/mol. The molecular weight excluding hydrogens is 300 g/mol. The Hall–Kier alpha value is -1.37. The number of hydrogen-bond donors (Lipinski definition) is 1. The number of nitrogens with zero attached hydrogens (tertiary/aromatic N) is 2. The van der Waals surface area contributed by atoms with Crippen LogP contribution in [0, 0.1) is 0 Å². The van der Waals surface area contributed by atoms with Crippen LogP contribution in [0.25, 0.3) is 10.9 Å². The highest BCUT2D eigenvalue weighted by Crippen LogP contribution is 2.33. The van der Waals surface area contributed by atoms with E-state index in [1.54, 1.807) is 10.7 Å². The number of para-hydroxylation sites is 1. The van der Waals surface area contributed by atoms with Gasteiger partial charge in [-0.05, 0) is 30.9 Å². The molecule has 1 N–H and O–H groups in total. The van der Waals surface area contributed by atoms with Gasteiger partial charge in [-0.2, -0.15) is 5.10 Å². The minimum atomic E-state index is -0.582. The molecule has 0 bridgehead atoms. The number of aromatic nitrogens is 2. The molecule has 2 aromatic rings. The highest BCUT2D eigenvalue weighted by Gasteiger charge is 2.10. The van der Waals surface area contributed by atoms with Gasteiger partial charge in [-0.15, -0.1) is 0 Å². The SMILES string of the molecule is CS(C)(C)CCOCn1nc(CCO)c(=O)c2ccccc21. The molecule has 5 nitrogen and oxygen atoms in total. The summed E-state index contributed by atoms with van der Waals surface area (Å²) in [6.45, 7) is 0.903. The normalized spacial score (nSPS) is 12.7. The van der Waals surface area contributed by atoms with Crippen LogP contribution in [0.1, 0.15) is 5.69 Å². The van der Waals surface area contributed by atoms with E-state index in [1.807, 2.05) is 18.2 Å². The van der Waals surface area contributed by atoms with Crippen molar-refractivity contribution >= 4 is 20.9 Å². The lowest BCUT2D eigenvalue weighted by molar-refractivity contribution is 0.0827. The first kappa shape index (κ1) is 17.0. The fourth-order valence-electron chi connectivity index (χ4n) is 2.12. The molecule has 22 heavy (non-hydrogen) atoms. The van der Waals surface area contributed by atoms with E-state index in [-0.39, 0.29) is 18.5 Å². The summed E-state index contributed by atoms with van der Waals surface area (Å²) in [7, 11) is -0.582. The summed E-state index contributed by atoms with van der Waals surface area (Å²) < 4.78 is 7.44. The van der Waals surface area contributed by atoms with Crippen molar-refractivity contribution in [1.29, 1.82) is 0 Å². The fourth-order valence-corrected chi connectivity index (χ4v) is 2.74. The standard InChI is InChI=1S/C16H24N2O3S/c1-22(2,3)11-10-21-12-18-15-7-5-4-6-13(15)16(20)14(17-18)8-9-19/h4-7,19H,8-12H2,1-3H3. The van der Waals surface area contributed by atoms with Gasteiger partial charge in [0.05, 0.1) is 12.1 Å². The quantitative estimate of drug-likeness (QED) is 0.786. The highest BCUT2D eigenvalue weighted by molar-refractivity contribution is 8.32. The number of hydrogen-bond acceptors (Lipinski definition) is 4. The fraction of sp³-hybridized carbons (Fsp3) is 0.500. The molecule has 0 atom stereocenters. The number of benzene rings is 1. The summed E-state index contributed by atoms with van der Waals surface area (Å²) in [5, 5.41) is 14.1. The Kier molecular flexibility index (Phi) is 5.61. The molecule has 1 heterocycles. The topological polar surface area (TPSA) is 64.3 Å². The Bertz CT molecular complexity index is 692. The van der Waals surface area contributed by atoms with Crippen LogP contribution >= 0.6 is 10.0 Å².